The number of thiol groups is 1. The summed E-state index contributed by atoms with van der Waals surface area (Å²) in [6.45, 7) is 4.42. The summed E-state index contributed by atoms with van der Waals surface area (Å²) < 4.78 is 2.02. The van der Waals surface area contributed by atoms with Crippen LogP contribution in [0.25, 0.3) is 0 Å². The first-order chi connectivity index (χ1) is 11.6. The molecule has 0 fully saturated rings. The highest BCUT2D eigenvalue weighted by molar-refractivity contribution is 8.47. The second-order valence-electron chi connectivity index (χ2n) is 5.35. The van der Waals surface area contributed by atoms with Crippen LogP contribution in [-0.2, 0) is 0 Å². The molecule has 0 aromatic heterocycles. The Morgan fingerprint density at radius 2 is 1.58 bits per heavy atom. The molecule has 6 heteroatoms. The van der Waals surface area contributed by atoms with E-state index in [9.17, 15) is 0 Å². The Hall–Kier alpha value is 0.800. The van der Waals surface area contributed by atoms with Gasteiger partial charge in [0.25, 0.3) is 0 Å². The summed E-state index contributed by atoms with van der Waals surface area (Å²) in [5.74, 6) is 3.01. The van der Waals surface area contributed by atoms with Crippen molar-refractivity contribution in [2.45, 2.75) is 44.8 Å². The molecule has 0 radical (unpaired) electrons. The highest BCUT2D eigenvalue weighted by atomic mass is 32.2. The van der Waals surface area contributed by atoms with Crippen LogP contribution in [0.1, 0.15) is 55.9 Å². The molecule has 1 unspecified atom stereocenters. The molecule has 0 aliphatic carbocycles. The molecule has 1 rings (SSSR count). The van der Waals surface area contributed by atoms with Gasteiger partial charge in [0.15, 0.2) is 0 Å². The van der Waals surface area contributed by atoms with Gasteiger partial charge in [-0.25, -0.2) is 0 Å². The lowest BCUT2D eigenvalue weighted by Crippen LogP contribution is -2.00. The van der Waals surface area contributed by atoms with Gasteiger partial charge in [-0.15, -0.1) is 23.5 Å². The third-order valence-corrected chi connectivity index (χ3v) is 8.49. The predicted molar refractivity (Wildman–Crippen MR) is 130 cm³/mol. The zero-order valence-corrected chi connectivity index (χ0v) is 19.3. The fraction of sp³-hybridized carbons (Fsp3) is 0.556. The number of rotatable bonds is 10. The van der Waals surface area contributed by atoms with Crippen molar-refractivity contribution in [2.75, 3.05) is 17.3 Å². The van der Waals surface area contributed by atoms with E-state index < -0.39 is 0 Å². The van der Waals surface area contributed by atoms with Crippen molar-refractivity contribution in [3.05, 3.63) is 35.4 Å². The monoisotopic (exact) mass is 434 g/mol. The van der Waals surface area contributed by atoms with E-state index in [1.807, 2.05) is 0 Å². The van der Waals surface area contributed by atoms with Crippen molar-refractivity contribution in [1.29, 1.82) is 0 Å². The Kier molecular flexibility index (Phi) is 13.3. The van der Waals surface area contributed by atoms with Crippen LogP contribution in [0, 0.1) is 0 Å². The Morgan fingerprint density at radius 1 is 1.00 bits per heavy atom. The molecule has 0 aliphatic heterocycles. The fourth-order valence-corrected chi connectivity index (χ4v) is 6.30. The van der Waals surface area contributed by atoms with Crippen LogP contribution in [0.4, 0.5) is 0 Å². The molecular weight excluding hydrogens is 409 g/mol. The second kappa shape index (κ2) is 13.9. The van der Waals surface area contributed by atoms with Gasteiger partial charge < -0.3 is 0 Å². The zero-order chi connectivity index (χ0) is 17.8. The van der Waals surface area contributed by atoms with Gasteiger partial charge in [0.1, 0.15) is 3.53 Å². The van der Waals surface area contributed by atoms with Crippen molar-refractivity contribution >= 4 is 80.1 Å². The van der Waals surface area contributed by atoms with E-state index >= 15 is 0 Å². The molecule has 0 amide bonds. The number of thiocarbonyl (C=S) groups is 2. The van der Waals surface area contributed by atoms with Crippen LogP contribution in [0.2, 0.25) is 0 Å². The molecule has 1 atom stereocenters. The summed E-state index contributed by atoms with van der Waals surface area (Å²) in [5, 5.41) is 0.310. The van der Waals surface area contributed by atoms with E-state index in [0.29, 0.717) is 5.25 Å². The van der Waals surface area contributed by atoms with Gasteiger partial charge in [-0.3, -0.25) is 0 Å². The standard InChI is InChI=1S/C18H26S6/c1-3-5-11-22-17(20)15-9-7-14(8-10-15)16(13-19)24-18(21)23-12-6-4-2/h7-10,16,19H,3-6,11-13H2,1-2H3. The lowest BCUT2D eigenvalue weighted by atomic mass is 10.1. The number of hydrogen-bond acceptors (Lipinski definition) is 6. The maximum atomic E-state index is 5.52. The number of thioether (sulfide) groups is 3. The number of hydrogen-bond donors (Lipinski definition) is 1. The van der Waals surface area contributed by atoms with E-state index in [4.69, 9.17) is 24.4 Å². The van der Waals surface area contributed by atoms with Crippen molar-refractivity contribution in [3.63, 3.8) is 0 Å². The fourth-order valence-electron chi connectivity index (χ4n) is 1.89. The third-order valence-electron chi connectivity index (χ3n) is 3.37. The SMILES string of the molecule is CCCCSC(=S)SC(CS)c1ccc(C(=S)SCCCC)cc1. The first kappa shape index (κ1) is 22.8. The Labute approximate surface area is 176 Å². The second-order valence-corrected chi connectivity index (χ2v) is 11.0. The first-order valence-electron chi connectivity index (χ1n) is 8.33. The maximum Gasteiger partial charge on any atom is 0.104 e. The van der Waals surface area contributed by atoms with Gasteiger partial charge in [-0.2, -0.15) is 12.6 Å². The van der Waals surface area contributed by atoms with Crippen LogP contribution >= 0.6 is 72.4 Å². The van der Waals surface area contributed by atoms with Gasteiger partial charge in [0.2, 0.25) is 0 Å². The Bertz CT molecular complexity index is 497. The molecule has 0 aliphatic rings. The Morgan fingerprint density at radius 3 is 2.12 bits per heavy atom. The minimum atomic E-state index is 0.310. The molecule has 0 spiro atoms. The minimum Gasteiger partial charge on any atom is -0.178 e. The largest absolute Gasteiger partial charge is 0.178 e. The molecule has 0 N–H and O–H groups in total. The van der Waals surface area contributed by atoms with Gasteiger partial charge in [0.05, 0.1) is 4.20 Å². The summed E-state index contributed by atoms with van der Waals surface area (Å²) in [6.07, 6.45) is 4.87. The molecule has 0 bridgehead atoms. The van der Waals surface area contributed by atoms with Crippen LogP contribution in [0.15, 0.2) is 24.3 Å². The van der Waals surface area contributed by atoms with Gasteiger partial charge >= 0.3 is 0 Å². The summed E-state index contributed by atoms with van der Waals surface area (Å²) >= 11 is 20.9. The zero-order valence-electron chi connectivity index (χ0n) is 14.3. The van der Waals surface area contributed by atoms with Crippen LogP contribution in [-0.4, -0.2) is 25.0 Å². The lowest BCUT2D eigenvalue weighted by Gasteiger charge is -2.15. The van der Waals surface area contributed by atoms with Gasteiger partial charge in [0, 0.05) is 11.0 Å². The smallest absolute Gasteiger partial charge is 0.104 e. The van der Waals surface area contributed by atoms with Crippen molar-refractivity contribution < 1.29 is 0 Å². The highest BCUT2D eigenvalue weighted by Crippen LogP contribution is 2.35. The highest BCUT2D eigenvalue weighted by Gasteiger charge is 2.14. The molecule has 0 heterocycles. The van der Waals surface area contributed by atoms with E-state index in [0.717, 1.165) is 30.5 Å². The summed E-state index contributed by atoms with van der Waals surface area (Å²) in [7, 11) is 0. The Balaban J connectivity index is 2.58. The number of benzene rings is 1. The van der Waals surface area contributed by atoms with E-state index in [1.54, 1.807) is 35.3 Å². The summed E-state index contributed by atoms with van der Waals surface area (Å²) in [4.78, 5) is 0. The maximum absolute atomic E-state index is 5.52. The van der Waals surface area contributed by atoms with Crippen molar-refractivity contribution in [2.24, 2.45) is 0 Å². The van der Waals surface area contributed by atoms with Crippen LogP contribution in [0.3, 0.4) is 0 Å². The summed E-state index contributed by atoms with van der Waals surface area (Å²) in [6, 6.07) is 8.63. The topological polar surface area (TPSA) is 0 Å². The van der Waals surface area contributed by atoms with E-state index in [2.05, 4.69) is 50.7 Å². The quantitative estimate of drug-likeness (QED) is 0.230. The molecule has 0 saturated heterocycles. The normalized spacial score (nSPS) is 12.1. The van der Waals surface area contributed by atoms with Crippen molar-refractivity contribution in [3.8, 4) is 0 Å². The molecule has 134 valence electrons. The van der Waals surface area contributed by atoms with Gasteiger partial charge in [-0.1, -0.05) is 87.2 Å². The molecule has 24 heavy (non-hydrogen) atoms. The summed E-state index contributed by atoms with van der Waals surface area (Å²) in [5.41, 5.74) is 2.43. The average Bonchev–Trinajstić information content (AvgIpc) is 2.60. The molecular formula is C18H26S6. The lowest BCUT2D eigenvalue weighted by molar-refractivity contribution is 0.898. The molecule has 1 aromatic rings. The first-order valence-corrected chi connectivity index (χ1v) is 12.6. The average molecular weight is 435 g/mol. The predicted octanol–water partition coefficient (Wildman–Crippen LogP) is 7.42. The minimum absolute atomic E-state index is 0.310. The third kappa shape index (κ3) is 8.95. The van der Waals surface area contributed by atoms with Gasteiger partial charge in [-0.05, 0) is 35.5 Å². The number of unbranched alkanes of at least 4 members (excludes halogenated alkanes) is 2. The van der Waals surface area contributed by atoms with Crippen LogP contribution in [0.5, 0.6) is 0 Å². The van der Waals surface area contributed by atoms with E-state index in [1.165, 1.54) is 31.2 Å². The molecule has 0 saturated carbocycles. The van der Waals surface area contributed by atoms with Crippen LogP contribution < -0.4 is 0 Å². The van der Waals surface area contributed by atoms with Crippen molar-refractivity contribution in [1.82, 2.24) is 0 Å². The van der Waals surface area contributed by atoms with E-state index in [-0.39, 0.29) is 0 Å². The molecule has 1 aromatic carbocycles. The molecule has 0 nitrogen and oxygen atoms in total.